The molecule has 0 amide bonds. The van der Waals surface area contributed by atoms with E-state index in [0.29, 0.717) is 31.1 Å². The van der Waals surface area contributed by atoms with Crippen molar-refractivity contribution in [1.29, 1.82) is 0 Å². The van der Waals surface area contributed by atoms with Gasteiger partial charge < -0.3 is 19.8 Å². The maximum atomic E-state index is 5.38. The van der Waals surface area contributed by atoms with Crippen LogP contribution in [0.4, 0.5) is 0 Å². The maximum Gasteiger partial charge on any atom is 0.216 e. The average Bonchev–Trinajstić information content (AvgIpc) is 3.24. The molecule has 2 rings (SSSR count). The molecule has 24 heavy (non-hydrogen) atoms. The summed E-state index contributed by atoms with van der Waals surface area (Å²) in [4.78, 5) is 8.95. The zero-order valence-electron chi connectivity index (χ0n) is 14.7. The number of H-pyrrole nitrogens is 1. The summed E-state index contributed by atoms with van der Waals surface area (Å²) < 4.78 is 10.7. The van der Waals surface area contributed by atoms with Crippen molar-refractivity contribution >= 4 is 5.96 Å². The Kier molecular flexibility index (Phi) is 6.36. The lowest BCUT2D eigenvalue weighted by molar-refractivity contribution is 0.0310. The van der Waals surface area contributed by atoms with Crippen molar-refractivity contribution in [2.75, 3.05) is 26.7 Å². The Morgan fingerprint density at radius 2 is 2.25 bits per heavy atom. The third kappa shape index (κ3) is 5.38. The van der Waals surface area contributed by atoms with Gasteiger partial charge in [0.15, 0.2) is 11.7 Å². The molecule has 2 aromatic heterocycles. The van der Waals surface area contributed by atoms with Crippen molar-refractivity contribution in [2.24, 2.45) is 4.99 Å². The minimum Gasteiger partial charge on any atom is -0.461 e. The van der Waals surface area contributed by atoms with Crippen LogP contribution in [-0.2, 0) is 11.2 Å². The van der Waals surface area contributed by atoms with Crippen LogP contribution >= 0.6 is 0 Å². The molecule has 0 unspecified atom stereocenters. The molecule has 0 saturated carbocycles. The predicted octanol–water partition coefficient (Wildman–Crippen LogP) is 1.59. The fraction of sp³-hybridized carbons (Fsp3) is 0.562. The van der Waals surface area contributed by atoms with Crippen molar-refractivity contribution in [1.82, 2.24) is 25.8 Å². The van der Waals surface area contributed by atoms with Gasteiger partial charge in [-0.3, -0.25) is 10.1 Å². The normalized spacial score (nSPS) is 12.4. The molecule has 0 fully saturated rings. The largest absolute Gasteiger partial charge is 0.461 e. The standard InChI is InChI=1S/C16H26N6O2/c1-5-17-15(19-11-16(2,3)23-4)18-9-8-13-20-14(22-21-13)12-7-6-10-24-12/h6-7,10H,5,8-9,11H2,1-4H3,(H2,17,18,19)(H,20,21,22). The van der Waals surface area contributed by atoms with Crippen molar-refractivity contribution < 1.29 is 9.15 Å². The highest BCUT2D eigenvalue weighted by atomic mass is 16.5. The zero-order valence-corrected chi connectivity index (χ0v) is 14.7. The van der Waals surface area contributed by atoms with Gasteiger partial charge in [-0.15, -0.1) is 0 Å². The second kappa shape index (κ2) is 8.49. The Morgan fingerprint density at radius 1 is 1.42 bits per heavy atom. The first-order chi connectivity index (χ1) is 11.5. The SMILES string of the molecule is CCNC(=NCC(C)(C)OC)NCCc1nc(-c2ccco2)n[nH]1. The summed E-state index contributed by atoms with van der Waals surface area (Å²) in [5, 5.41) is 13.6. The second-order valence-electron chi connectivity index (χ2n) is 5.92. The van der Waals surface area contributed by atoms with E-state index >= 15 is 0 Å². The molecule has 8 heteroatoms. The van der Waals surface area contributed by atoms with E-state index in [1.165, 1.54) is 0 Å². The van der Waals surface area contributed by atoms with Gasteiger partial charge in [0.05, 0.1) is 18.4 Å². The van der Waals surface area contributed by atoms with Crippen molar-refractivity contribution in [3.63, 3.8) is 0 Å². The Morgan fingerprint density at radius 3 is 2.92 bits per heavy atom. The summed E-state index contributed by atoms with van der Waals surface area (Å²) in [5.74, 6) is 2.77. The van der Waals surface area contributed by atoms with E-state index < -0.39 is 0 Å². The van der Waals surface area contributed by atoms with E-state index in [-0.39, 0.29) is 5.60 Å². The van der Waals surface area contributed by atoms with Gasteiger partial charge in [0.2, 0.25) is 5.82 Å². The number of aromatic nitrogens is 3. The molecule has 0 bridgehead atoms. The minimum atomic E-state index is -0.286. The smallest absolute Gasteiger partial charge is 0.216 e. The van der Waals surface area contributed by atoms with Crippen LogP contribution < -0.4 is 10.6 Å². The number of rotatable bonds is 8. The zero-order chi connectivity index (χ0) is 17.4. The molecular formula is C16H26N6O2. The fourth-order valence-electron chi connectivity index (χ4n) is 1.90. The van der Waals surface area contributed by atoms with Gasteiger partial charge in [-0.2, -0.15) is 5.10 Å². The number of guanidine groups is 1. The molecule has 0 aliphatic carbocycles. The van der Waals surface area contributed by atoms with Crippen LogP contribution in [0.1, 0.15) is 26.6 Å². The monoisotopic (exact) mass is 334 g/mol. The minimum absolute atomic E-state index is 0.286. The topological polar surface area (TPSA) is 100 Å². The fourth-order valence-corrected chi connectivity index (χ4v) is 1.90. The highest BCUT2D eigenvalue weighted by molar-refractivity contribution is 5.79. The second-order valence-corrected chi connectivity index (χ2v) is 5.92. The number of aliphatic imine (C=N–C) groups is 1. The first-order valence-electron chi connectivity index (χ1n) is 8.06. The van der Waals surface area contributed by atoms with Gasteiger partial charge in [-0.05, 0) is 32.9 Å². The molecule has 132 valence electrons. The van der Waals surface area contributed by atoms with E-state index in [1.807, 2.05) is 32.9 Å². The van der Waals surface area contributed by atoms with E-state index in [4.69, 9.17) is 9.15 Å². The van der Waals surface area contributed by atoms with Crippen molar-refractivity contribution in [3.8, 4) is 11.6 Å². The molecule has 0 radical (unpaired) electrons. The van der Waals surface area contributed by atoms with Gasteiger partial charge in [0, 0.05) is 26.6 Å². The number of ether oxygens (including phenoxy) is 1. The van der Waals surface area contributed by atoms with Crippen molar-refractivity contribution in [3.05, 3.63) is 24.2 Å². The lowest BCUT2D eigenvalue weighted by Gasteiger charge is -2.21. The lowest BCUT2D eigenvalue weighted by atomic mass is 10.1. The molecule has 8 nitrogen and oxygen atoms in total. The molecule has 0 aliphatic heterocycles. The van der Waals surface area contributed by atoms with Crippen LogP contribution in [0.2, 0.25) is 0 Å². The van der Waals surface area contributed by atoms with Crippen LogP contribution in [0, 0.1) is 0 Å². The highest BCUT2D eigenvalue weighted by Gasteiger charge is 2.15. The van der Waals surface area contributed by atoms with E-state index in [9.17, 15) is 0 Å². The summed E-state index contributed by atoms with van der Waals surface area (Å²) in [7, 11) is 1.69. The number of hydrogen-bond donors (Lipinski definition) is 3. The summed E-state index contributed by atoms with van der Waals surface area (Å²) in [5.41, 5.74) is -0.286. The van der Waals surface area contributed by atoms with E-state index in [2.05, 4.69) is 30.8 Å². The molecule has 0 atom stereocenters. The van der Waals surface area contributed by atoms with Crippen molar-refractivity contribution in [2.45, 2.75) is 32.8 Å². The van der Waals surface area contributed by atoms with E-state index in [0.717, 1.165) is 18.3 Å². The summed E-state index contributed by atoms with van der Waals surface area (Å²) in [6.45, 7) is 8.10. The summed E-state index contributed by atoms with van der Waals surface area (Å²) in [6, 6.07) is 3.65. The van der Waals surface area contributed by atoms with Crippen LogP contribution in [0.5, 0.6) is 0 Å². The first-order valence-corrected chi connectivity index (χ1v) is 8.06. The molecule has 0 saturated heterocycles. The maximum absolute atomic E-state index is 5.38. The average molecular weight is 334 g/mol. The number of aromatic amines is 1. The Hall–Kier alpha value is -2.35. The van der Waals surface area contributed by atoms with Crippen LogP contribution in [0.3, 0.4) is 0 Å². The van der Waals surface area contributed by atoms with Crippen LogP contribution in [-0.4, -0.2) is 53.5 Å². The van der Waals surface area contributed by atoms with Crippen LogP contribution in [0.15, 0.2) is 27.8 Å². The number of hydrogen-bond acceptors (Lipinski definition) is 5. The van der Waals surface area contributed by atoms with Gasteiger partial charge >= 0.3 is 0 Å². The summed E-state index contributed by atoms with van der Waals surface area (Å²) in [6.07, 6.45) is 2.30. The predicted molar refractivity (Wildman–Crippen MR) is 92.9 cm³/mol. The van der Waals surface area contributed by atoms with Gasteiger partial charge in [-0.1, -0.05) is 0 Å². The molecule has 0 spiro atoms. The Labute approximate surface area is 142 Å². The molecule has 2 heterocycles. The quantitative estimate of drug-likeness (QED) is 0.501. The molecule has 0 aromatic carbocycles. The molecule has 0 aliphatic rings. The number of methoxy groups -OCH3 is 1. The van der Waals surface area contributed by atoms with Gasteiger partial charge in [-0.25, -0.2) is 4.98 Å². The number of nitrogens with zero attached hydrogens (tertiary/aromatic N) is 3. The first kappa shape index (κ1) is 18.0. The molecule has 3 N–H and O–H groups in total. The Balaban J connectivity index is 1.85. The summed E-state index contributed by atoms with van der Waals surface area (Å²) >= 11 is 0. The van der Waals surface area contributed by atoms with E-state index in [1.54, 1.807) is 13.4 Å². The van der Waals surface area contributed by atoms with Gasteiger partial charge in [0.1, 0.15) is 5.82 Å². The number of furan rings is 1. The highest BCUT2D eigenvalue weighted by Crippen LogP contribution is 2.14. The third-order valence-electron chi connectivity index (χ3n) is 3.44. The van der Waals surface area contributed by atoms with Crippen LogP contribution in [0.25, 0.3) is 11.6 Å². The molecular weight excluding hydrogens is 308 g/mol. The van der Waals surface area contributed by atoms with Gasteiger partial charge in [0.25, 0.3) is 0 Å². The molecule has 2 aromatic rings. The third-order valence-corrected chi connectivity index (χ3v) is 3.44. The Bertz CT molecular complexity index is 633. The number of nitrogens with one attached hydrogen (secondary N) is 3. The lowest BCUT2D eigenvalue weighted by Crippen LogP contribution is -2.40.